The molecule has 1 N–H and O–H groups in total. The first-order chi connectivity index (χ1) is 5.72. The summed E-state index contributed by atoms with van der Waals surface area (Å²) in [6, 6.07) is 0.476. The van der Waals surface area contributed by atoms with E-state index in [1.165, 1.54) is 0 Å². The Morgan fingerprint density at radius 3 is 2.67 bits per heavy atom. The van der Waals surface area contributed by atoms with E-state index in [1.54, 1.807) is 7.05 Å². The van der Waals surface area contributed by atoms with Crippen LogP contribution in [0.4, 0.5) is 6.01 Å². The highest BCUT2D eigenvalue weighted by Crippen LogP contribution is 2.04. The van der Waals surface area contributed by atoms with Crippen LogP contribution in [0, 0.1) is 0 Å². The van der Waals surface area contributed by atoms with Crippen LogP contribution in [0.3, 0.4) is 0 Å². The minimum absolute atomic E-state index is 0.476. The SMILES string of the molecule is CNc1nnc(CCN(C)C)o1. The normalized spacial score (nSPS) is 10.7. The van der Waals surface area contributed by atoms with Crippen molar-refractivity contribution in [3.05, 3.63) is 5.89 Å². The molecular formula is C7H14N4O. The van der Waals surface area contributed by atoms with Crippen LogP contribution in [0.25, 0.3) is 0 Å². The zero-order valence-electron chi connectivity index (χ0n) is 7.66. The lowest BCUT2D eigenvalue weighted by Crippen LogP contribution is -2.15. The van der Waals surface area contributed by atoms with Crippen LogP contribution in [0.1, 0.15) is 5.89 Å². The molecule has 12 heavy (non-hydrogen) atoms. The predicted octanol–water partition coefficient (Wildman–Crippen LogP) is 0.215. The zero-order chi connectivity index (χ0) is 8.97. The molecule has 0 fully saturated rings. The van der Waals surface area contributed by atoms with Crippen molar-refractivity contribution in [1.29, 1.82) is 0 Å². The molecule has 0 atom stereocenters. The lowest BCUT2D eigenvalue weighted by atomic mass is 10.4. The topological polar surface area (TPSA) is 54.2 Å². The first kappa shape index (κ1) is 8.99. The molecule has 0 aliphatic heterocycles. The van der Waals surface area contributed by atoms with Gasteiger partial charge < -0.3 is 14.6 Å². The molecule has 0 amide bonds. The van der Waals surface area contributed by atoms with Gasteiger partial charge in [0.1, 0.15) is 0 Å². The van der Waals surface area contributed by atoms with E-state index in [-0.39, 0.29) is 0 Å². The summed E-state index contributed by atoms with van der Waals surface area (Å²) in [7, 11) is 5.77. The number of likely N-dealkylation sites (N-methyl/N-ethyl adjacent to an activating group) is 1. The lowest BCUT2D eigenvalue weighted by molar-refractivity contribution is 0.387. The smallest absolute Gasteiger partial charge is 0.315 e. The maximum absolute atomic E-state index is 5.22. The highest BCUT2D eigenvalue weighted by atomic mass is 16.4. The van der Waals surface area contributed by atoms with Crippen LogP contribution < -0.4 is 5.32 Å². The van der Waals surface area contributed by atoms with Gasteiger partial charge >= 0.3 is 6.01 Å². The van der Waals surface area contributed by atoms with E-state index in [0.717, 1.165) is 13.0 Å². The molecule has 0 aliphatic carbocycles. The Labute approximate surface area is 71.8 Å². The summed E-state index contributed by atoms with van der Waals surface area (Å²) in [6.07, 6.45) is 0.793. The van der Waals surface area contributed by atoms with Crippen molar-refractivity contribution >= 4 is 6.01 Å². The monoisotopic (exact) mass is 170 g/mol. The summed E-state index contributed by atoms with van der Waals surface area (Å²) in [4.78, 5) is 2.07. The van der Waals surface area contributed by atoms with Gasteiger partial charge in [0.25, 0.3) is 0 Å². The second-order valence-corrected chi connectivity index (χ2v) is 2.80. The van der Waals surface area contributed by atoms with Crippen molar-refractivity contribution in [3.8, 4) is 0 Å². The molecule has 0 saturated heterocycles. The van der Waals surface area contributed by atoms with Crippen molar-refractivity contribution < 1.29 is 4.42 Å². The van der Waals surface area contributed by atoms with Gasteiger partial charge in [0.2, 0.25) is 5.89 Å². The Morgan fingerprint density at radius 1 is 1.42 bits per heavy atom. The number of hydrogen-bond donors (Lipinski definition) is 1. The quantitative estimate of drug-likeness (QED) is 0.700. The molecule has 0 saturated carbocycles. The number of rotatable bonds is 4. The van der Waals surface area contributed by atoms with Gasteiger partial charge in [0, 0.05) is 20.0 Å². The average Bonchev–Trinajstić information content (AvgIpc) is 2.48. The Kier molecular flexibility index (Phi) is 3.04. The second kappa shape index (κ2) is 4.06. The molecule has 0 aliphatic rings. The first-order valence-corrected chi connectivity index (χ1v) is 3.87. The van der Waals surface area contributed by atoms with Crippen molar-refractivity contribution in [1.82, 2.24) is 15.1 Å². The van der Waals surface area contributed by atoms with Gasteiger partial charge in [-0.05, 0) is 14.1 Å². The summed E-state index contributed by atoms with van der Waals surface area (Å²) in [5.74, 6) is 0.674. The third-order valence-electron chi connectivity index (χ3n) is 1.45. The van der Waals surface area contributed by atoms with Gasteiger partial charge in [-0.1, -0.05) is 5.10 Å². The Bertz CT molecular complexity index is 233. The molecule has 1 aromatic rings. The van der Waals surface area contributed by atoms with E-state index < -0.39 is 0 Å². The van der Waals surface area contributed by atoms with Gasteiger partial charge in [0.05, 0.1) is 0 Å². The maximum Gasteiger partial charge on any atom is 0.315 e. The van der Waals surface area contributed by atoms with Crippen LogP contribution >= 0.6 is 0 Å². The lowest BCUT2D eigenvalue weighted by Gasteiger charge is -2.05. The van der Waals surface area contributed by atoms with Crippen LogP contribution in [0.5, 0.6) is 0 Å². The van der Waals surface area contributed by atoms with Crippen molar-refractivity contribution in [2.75, 3.05) is 33.0 Å². The number of nitrogens with one attached hydrogen (secondary N) is 1. The van der Waals surface area contributed by atoms with Crippen molar-refractivity contribution in [2.45, 2.75) is 6.42 Å². The molecule has 0 spiro atoms. The molecule has 0 aromatic carbocycles. The Morgan fingerprint density at radius 2 is 2.17 bits per heavy atom. The van der Waals surface area contributed by atoms with Gasteiger partial charge in [-0.3, -0.25) is 0 Å². The minimum atomic E-state index is 0.476. The number of anilines is 1. The third kappa shape index (κ3) is 2.50. The standard InChI is InChI=1S/C7H14N4O/c1-8-7-10-9-6(12-7)4-5-11(2)3/h4-5H2,1-3H3,(H,8,10). The van der Waals surface area contributed by atoms with Gasteiger partial charge in [0.15, 0.2) is 0 Å². The molecule has 68 valence electrons. The second-order valence-electron chi connectivity index (χ2n) is 2.80. The number of nitrogens with zero attached hydrogens (tertiary/aromatic N) is 3. The zero-order valence-corrected chi connectivity index (χ0v) is 7.66. The Hall–Kier alpha value is -1.10. The molecule has 0 radical (unpaired) electrons. The molecule has 0 unspecified atom stereocenters. The van der Waals surface area contributed by atoms with E-state index in [0.29, 0.717) is 11.9 Å². The third-order valence-corrected chi connectivity index (χ3v) is 1.45. The minimum Gasteiger partial charge on any atom is -0.408 e. The van der Waals surface area contributed by atoms with Crippen LogP contribution in [0.2, 0.25) is 0 Å². The summed E-state index contributed by atoms with van der Waals surface area (Å²) in [5, 5.41) is 10.4. The van der Waals surface area contributed by atoms with E-state index in [9.17, 15) is 0 Å². The molecule has 0 bridgehead atoms. The van der Waals surface area contributed by atoms with Gasteiger partial charge in [-0.15, -0.1) is 5.10 Å². The maximum atomic E-state index is 5.22. The molecular weight excluding hydrogens is 156 g/mol. The summed E-state index contributed by atoms with van der Waals surface area (Å²) in [5.41, 5.74) is 0. The fraction of sp³-hybridized carbons (Fsp3) is 0.714. The molecule has 5 nitrogen and oxygen atoms in total. The van der Waals surface area contributed by atoms with Crippen LogP contribution in [-0.4, -0.2) is 42.8 Å². The average molecular weight is 170 g/mol. The van der Waals surface area contributed by atoms with E-state index in [2.05, 4.69) is 20.4 Å². The fourth-order valence-corrected chi connectivity index (χ4v) is 0.775. The van der Waals surface area contributed by atoms with Gasteiger partial charge in [-0.25, -0.2) is 0 Å². The first-order valence-electron chi connectivity index (χ1n) is 3.87. The van der Waals surface area contributed by atoms with Crippen LogP contribution in [0.15, 0.2) is 4.42 Å². The molecule has 1 heterocycles. The molecule has 5 heteroatoms. The van der Waals surface area contributed by atoms with E-state index in [4.69, 9.17) is 4.42 Å². The number of aromatic nitrogens is 2. The Balaban J connectivity index is 2.41. The largest absolute Gasteiger partial charge is 0.408 e. The highest BCUT2D eigenvalue weighted by molar-refractivity contribution is 5.14. The van der Waals surface area contributed by atoms with Gasteiger partial charge in [-0.2, -0.15) is 0 Å². The molecule has 1 rings (SSSR count). The number of hydrogen-bond acceptors (Lipinski definition) is 5. The molecule has 1 aromatic heterocycles. The van der Waals surface area contributed by atoms with E-state index in [1.807, 2.05) is 14.1 Å². The van der Waals surface area contributed by atoms with Crippen molar-refractivity contribution in [2.24, 2.45) is 0 Å². The fourth-order valence-electron chi connectivity index (χ4n) is 0.775. The van der Waals surface area contributed by atoms with E-state index >= 15 is 0 Å². The highest BCUT2D eigenvalue weighted by Gasteiger charge is 2.03. The summed E-state index contributed by atoms with van der Waals surface area (Å²) < 4.78 is 5.22. The summed E-state index contributed by atoms with van der Waals surface area (Å²) >= 11 is 0. The van der Waals surface area contributed by atoms with Crippen molar-refractivity contribution in [3.63, 3.8) is 0 Å². The summed E-state index contributed by atoms with van der Waals surface area (Å²) in [6.45, 7) is 0.922. The van der Waals surface area contributed by atoms with Crippen LogP contribution in [-0.2, 0) is 6.42 Å². The predicted molar refractivity (Wildman–Crippen MR) is 46.1 cm³/mol.